The number of nitrogens with one attached hydrogen (secondary N) is 2. The molecule has 5 heteroatoms. The number of hydrogen-bond donors (Lipinski definition) is 2. The van der Waals surface area contributed by atoms with Crippen LogP contribution in [0.2, 0.25) is 0 Å². The zero-order valence-corrected chi connectivity index (χ0v) is 9.95. The Bertz CT molecular complexity index is 399. The molecule has 5 nitrogen and oxygen atoms in total. The molecule has 1 saturated heterocycles. The monoisotopic (exact) mass is 222 g/mol. The zero-order chi connectivity index (χ0) is 11.7. The number of carbonyl (C=O) groups excluding carboxylic acids is 1. The Morgan fingerprint density at radius 3 is 2.88 bits per heavy atom. The summed E-state index contributed by atoms with van der Waals surface area (Å²) >= 11 is 0. The molecule has 0 aliphatic carbocycles. The molecule has 1 amide bonds. The topological polar surface area (TPSA) is 59.0 Å². The summed E-state index contributed by atoms with van der Waals surface area (Å²) in [7, 11) is 1.84. The van der Waals surface area contributed by atoms with Crippen molar-refractivity contribution in [1.82, 2.24) is 20.4 Å². The minimum absolute atomic E-state index is 0.0221. The van der Waals surface area contributed by atoms with Gasteiger partial charge in [0.05, 0.1) is 11.8 Å². The van der Waals surface area contributed by atoms with Gasteiger partial charge >= 0.3 is 0 Å². The quantitative estimate of drug-likeness (QED) is 0.744. The predicted molar refractivity (Wildman–Crippen MR) is 61.2 cm³/mol. The average Bonchev–Trinajstić information content (AvgIpc) is 2.77. The number of amides is 1. The molecule has 0 saturated carbocycles. The summed E-state index contributed by atoms with van der Waals surface area (Å²) in [5, 5.41) is 10.4. The molecular weight excluding hydrogens is 204 g/mol. The lowest BCUT2D eigenvalue weighted by molar-refractivity contribution is 0.0932. The van der Waals surface area contributed by atoms with Crippen molar-refractivity contribution in [3.63, 3.8) is 0 Å². The van der Waals surface area contributed by atoms with Gasteiger partial charge in [0.1, 0.15) is 0 Å². The van der Waals surface area contributed by atoms with Gasteiger partial charge in [-0.3, -0.25) is 9.48 Å². The highest BCUT2D eigenvalue weighted by Crippen LogP contribution is 2.10. The van der Waals surface area contributed by atoms with Gasteiger partial charge < -0.3 is 10.6 Å². The van der Waals surface area contributed by atoms with Crippen LogP contribution in [0.1, 0.15) is 23.0 Å². The lowest BCUT2D eigenvalue weighted by Gasteiger charge is -2.15. The van der Waals surface area contributed by atoms with Gasteiger partial charge in [-0.05, 0) is 19.4 Å². The van der Waals surface area contributed by atoms with Crippen LogP contribution in [-0.4, -0.2) is 34.8 Å². The van der Waals surface area contributed by atoms with Gasteiger partial charge in [-0.15, -0.1) is 0 Å². The van der Waals surface area contributed by atoms with Crippen molar-refractivity contribution < 1.29 is 4.79 Å². The fourth-order valence-corrected chi connectivity index (χ4v) is 1.97. The molecule has 0 bridgehead atoms. The molecule has 88 valence electrons. The number of hydrogen-bond acceptors (Lipinski definition) is 3. The molecule has 0 aromatic carbocycles. The Morgan fingerprint density at radius 2 is 2.38 bits per heavy atom. The molecule has 2 N–H and O–H groups in total. The summed E-state index contributed by atoms with van der Waals surface area (Å²) in [6, 6.07) is 0.229. The molecular formula is C11H18N4O. The maximum absolute atomic E-state index is 12.0. The largest absolute Gasteiger partial charge is 0.348 e. The number of carbonyl (C=O) groups is 1. The third kappa shape index (κ3) is 1.95. The van der Waals surface area contributed by atoms with Crippen LogP contribution >= 0.6 is 0 Å². The van der Waals surface area contributed by atoms with Crippen molar-refractivity contribution in [3.05, 3.63) is 17.5 Å². The Kier molecular flexibility index (Phi) is 2.96. The third-order valence-corrected chi connectivity index (χ3v) is 3.31. The second-order valence-corrected chi connectivity index (χ2v) is 4.48. The summed E-state index contributed by atoms with van der Waals surface area (Å²) in [4.78, 5) is 12.0. The summed E-state index contributed by atoms with van der Waals surface area (Å²) in [5.74, 6) is 0.465. The lowest BCUT2D eigenvalue weighted by atomic mass is 10.1. The van der Waals surface area contributed by atoms with E-state index in [-0.39, 0.29) is 11.9 Å². The van der Waals surface area contributed by atoms with Gasteiger partial charge in [-0.1, -0.05) is 6.92 Å². The molecule has 1 fully saturated rings. The van der Waals surface area contributed by atoms with E-state index >= 15 is 0 Å². The molecule has 2 atom stereocenters. The molecule has 2 rings (SSSR count). The lowest BCUT2D eigenvalue weighted by Crippen LogP contribution is -2.39. The van der Waals surface area contributed by atoms with Gasteiger partial charge in [0, 0.05) is 25.3 Å². The van der Waals surface area contributed by atoms with Crippen molar-refractivity contribution in [2.45, 2.75) is 19.9 Å². The van der Waals surface area contributed by atoms with Crippen LogP contribution in [0, 0.1) is 12.8 Å². The van der Waals surface area contributed by atoms with E-state index in [1.165, 1.54) is 0 Å². The summed E-state index contributed by atoms with van der Waals surface area (Å²) in [6.45, 7) is 5.86. The average molecular weight is 222 g/mol. The third-order valence-electron chi connectivity index (χ3n) is 3.31. The fraction of sp³-hybridized carbons (Fsp3) is 0.636. The molecule has 1 aromatic heterocycles. The molecule has 1 aromatic rings. The highest BCUT2D eigenvalue weighted by atomic mass is 16.1. The predicted octanol–water partition coefficient (Wildman–Crippen LogP) is 0.0662. The first-order chi connectivity index (χ1) is 7.59. The normalized spacial score (nSPS) is 24.7. The van der Waals surface area contributed by atoms with Crippen LogP contribution in [0.5, 0.6) is 0 Å². The van der Waals surface area contributed by atoms with E-state index in [0.29, 0.717) is 11.5 Å². The zero-order valence-electron chi connectivity index (χ0n) is 9.95. The first-order valence-electron chi connectivity index (χ1n) is 5.59. The van der Waals surface area contributed by atoms with Crippen molar-refractivity contribution in [1.29, 1.82) is 0 Å². The van der Waals surface area contributed by atoms with E-state index in [9.17, 15) is 4.79 Å². The van der Waals surface area contributed by atoms with E-state index in [0.717, 1.165) is 18.8 Å². The van der Waals surface area contributed by atoms with Gasteiger partial charge in [0.25, 0.3) is 5.91 Å². The smallest absolute Gasteiger partial charge is 0.255 e. The number of aromatic nitrogens is 2. The van der Waals surface area contributed by atoms with Gasteiger partial charge in [-0.25, -0.2) is 0 Å². The van der Waals surface area contributed by atoms with Crippen molar-refractivity contribution >= 4 is 5.91 Å². The van der Waals surface area contributed by atoms with Gasteiger partial charge in [-0.2, -0.15) is 5.10 Å². The second-order valence-electron chi connectivity index (χ2n) is 4.48. The molecule has 0 radical (unpaired) electrons. The number of rotatable bonds is 2. The second kappa shape index (κ2) is 4.25. The summed E-state index contributed by atoms with van der Waals surface area (Å²) in [5.41, 5.74) is 1.57. The van der Waals surface area contributed by atoms with E-state index in [1.54, 1.807) is 10.9 Å². The van der Waals surface area contributed by atoms with Crippen LogP contribution in [0.25, 0.3) is 0 Å². The maximum atomic E-state index is 12.0. The maximum Gasteiger partial charge on any atom is 0.255 e. The molecule has 1 aliphatic heterocycles. The standard InChI is InChI=1S/C11H18N4O/c1-7-4-12-6-10(7)14-11(16)9-5-13-15(3)8(9)2/h5,7,10,12H,4,6H2,1-3H3,(H,14,16). The number of aryl methyl sites for hydroxylation is 1. The van der Waals surface area contributed by atoms with Crippen LogP contribution < -0.4 is 10.6 Å². The van der Waals surface area contributed by atoms with Crippen LogP contribution in [0.3, 0.4) is 0 Å². The van der Waals surface area contributed by atoms with E-state index < -0.39 is 0 Å². The highest BCUT2D eigenvalue weighted by molar-refractivity contribution is 5.95. The molecule has 16 heavy (non-hydrogen) atoms. The summed E-state index contributed by atoms with van der Waals surface area (Å²) in [6.07, 6.45) is 1.62. The number of nitrogens with zero attached hydrogens (tertiary/aromatic N) is 2. The first kappa shape index (κ1) is 11.1. The molecule has 0 spiro atoms. The summed E-state index contributed by atoms with van der Waals surface area (Å²) < 4.78 is 1.71. The van der Waals surface area contributed by atoms with Crippen molar-refractivity contribution in [2.75, 3.05) is 13.1 Å². The highest BCUT2D eigenvalue weighted by Gasteiger charge is 2.25. The molecule has 1 aliphatic rings. The first-order valence-corrected chi connectivity index (χ1v) is 5.59. The van der Waals surface area contributed by atoms with Crippen LogP contribution in [-0.2, 0) is 7.05 Å². The Hall–Kier alpha value is -1.36. The Balaban J connectivity index is 2.06. The SMILES string of the molecule is Cc1c(C(=O)NC2CNCC2C)cnn1C. The van der Waals surface area contributed by atoms with E-state index in [1.807, 2.05) is 14.0 Å². The Morgan fingerprint density at radius 1 is 1.62 bits per heavy atom. The minimum atomic E-state index is -0.0221. The van der Waals surface area contributed by atoms with Crippen molar-refractivity contribution in [2.24, 2.45) is 13.0 Å². The Labute approximate surface area is 95.2 Å². The van der Waals surface area contributed by atoms with Crippen LogP contribution in [0.15, 0.2) is 6.20 Å². The van der Waals surface area contributed by atoms with Gasteiger partial charge in [0.15, 0.2) is 0 Å². The molecule has 2 unspecified atom stereocenters. The van der Waals surface area contributed by atoms with Gasteiger partial charge in [0.2, 0.25) is 0 Å². The fourth-order valence-electron chi connectivity index (χ4n) is 1.97. The van der Waals surface area contributed by atoms with E-state index in [2.05, 4.69) is 22.7 Å². The molecule has 2 heterocycles. The van der Waals surface area contributed by atoms with Crippen LogP contribution in [0.4, 0.5) is 0 Å². The minimum Gasteiger partial charge on any atom is -0.348 e. The van der Waals surface area contributed by atoms with E-state index in [4.69, 9.17) is 0 Å². The van der Waals surface area contributed by atoms with Crippen molar-refractivity contribution in [3.8, 4) is 0 Å².